The molecule has 2 aromatic carbocycles. The highest BCUT2D eigenvalue weighted by Gasteiger charge is 2.21. The van der Waals surface area contributed by atoms with Gasteiger partial charge in [-0.3, -0.25) is 4.79 Å². The van der Waals surface area contributed by atoms with Crippen molar-refractivity contribution in [2.24, 2.45) is 0 Å². The molecule has 29 heavy (non-hydrogen) atoms. The molecule has 0 saturated carbocycles. The zero-order valence-corrected chi connectivity index (χ0v) is 16.4. The number of anilines is 1. The number of piperidine rings is 1. The van der Waals surface area contributed by atoms with Crippen molar-refractivity contribution in [3.8, 4) is 0 Å². The van der Waals surface area contributed by atoms with Gasteiger partial charge in [0.25, 0.3) is 0 Å². The Hall–Kier alpha value is -2.93. The maximum Gasteiger partial charge on any atom is 0.207 e. The first-order valence-electron chi connectivity index (χ1n) is 10.1. The molecule has 1 aliphatic heterocycles. The minimum atomic E-state index is -0.224. The fraction of sp³-hybridized carbons (Fsp3) is 0.364. The first kappa shape index (κ1) is 19.4. The number of carbonyl (C=O) groups is 1. The molecule has 0 bridgehead atoms. The maximum absolute atomic E-state index is 13.3. The Morgan fingerprint density at radius 3 is 2.62 bits per heavy atom. The fourth-order valence-corrected chi connectivity index (χ4v) is 3.88. The number of nitrogens with zero attached hydrogens (tertiary/aromatic N) is 3. The van der Waals surface area contributed by atoms with Gasteiger partial charge in [0, 0.05) is 32.2 Å². The molecular weight excluding hydrogens is 369 g/mol. The molecule has 4 rings (SSSR count). The summed E-state index contributed by atoms with van der Waals surface area (Å²) in [4.78, 5) is 17.6. The van der Waals surface area contributed by atoms with Crippen LogP contribution in [0.15, 0.2) is 48.5 Å². The van der Waals surface area contributed by atoms with Crippen LogP contribution in [0.4, 0.5) is 10.3 Å². The van der Waals surface area contributed by atoms with Crippen LogP contribution in [0.2, 0.25) is 0 Å². The van der Waals surface area contributed by atoms with Gasteiger partial charge in [-0.15, -0.1) is 0 Å². The molecule has 152 valence electrons. The second kappa shape index (κ2) is 9.05. The lowest BCUT2D eigenvalue weighted by Crippen LogP contribution is -2.42. The molecule has 7 heteroatoms. The van der Waals surface area contributed by atoms with Gasteiger partial charge in [0.05, 0.1) is 17.6 Å². The number of para-hydroxylation sites is 2. The number of hydrogen-bond donors (Lipinski definition) is 2. The second-order valence-electron chi connectivity index (χ2n) is 7.47. The number of fused-ring (bicyclic) bond motifs is 1. The van der Waals surface area contributed by atoms with E-state index in [1.807, 2.05) is 30.3 Å². The normalized spacial score (nSPS) is 15.5. The summed E-state index contributed by atoms with van der Waals surface area (Å²) in [5, 5.41) is 6.36. The fourth-order valence-electron chi connectivity index (χ4n) is 3.88. The molecule has 6 nitrogen and oxygen atoms in total. The third-order valence-corrected chi connectivity index (χ3v) is 5.48. The number of carbonyl (C=O) groups excluding carboxylic acids is 1. The molecule has 3 aromatic rings. The van der Waals surface area contributed by atoms with E-state index in [0.29, 0.717) is 19.1 Å². The molecule has 2 N–H and O–H groups in total. The van der Waals surface area contributed by atoms with Crippen molar-refractivity contribution in [2.75, 3.05) is 31.5 Å². The quantitative estimate of drug-likeness (QED) is 0.455. The van der Waals surface area contributed by atoms with Crippen LogP contribution in [-0.2, 0) is 11.3 Å². The standard InChI is InChI=1S/C22H26FN5O/c23-18-7-5-17(6-8-18)15-28-21-4-2-1-3-20(21)26-22(28)25-19-9-12-27(13-10-19)14-11-24-16-29/h1-8,16,19H,9-15H2,(H,24,29)(H,25,26). The Morgan fingerprint density at radius 2 is 1.86 bits per heavy atom. The van der Waals surface area contributed by atoms with Crippen LogP contribution in [0.25, 0.3) is 11.0 Å². The van der Waals surface area contributed by atoms with E-state index in [1.54, 1.807) is 0 Å². The Kier molecular flexibility index (Phi) is 6.05. The van der Waals surface area contributed by atoms with Crippen LogP contribution < -0.4 is 10.6 Å². The van der Waals surface area contributed by atoms with E-state index in [9.17, 15) is 9.18 Å². The van der Waals surface area contributed by atoms with Crippen molar-refractivity contribution < 1.29 is 9.18 Å². The number of imidazole rings is 1. The molecule has 2 heterocycles. The lowest BCUT2D eigenvalue weighted by molar-refractivity contribution is -0.109. The van der Waals surface area contributed by atoms with Crippen molar-refractivity contribution in [1.29, 1.82) is 0 Å². The molecule has 1 fully saturated rings. The Morgan fingerprint density at radius 1 is 1.10 bits per heavy atom. The number of aromatic nitrogens is 2. The van der Waals surface area contributed by atoms with Crippen LogP contribution >= 0.6 is 0 Å². The van der Waals surface area contributed by atoms with Crippen molar-refractivity contribution in [2.45, 2.75) is 25.4 Å². The van der Waals surface area contributed by atoms with E-state index in [2.05, 4.69) is 26.2 Å². The van der Waals surface area contributed by atoms with Crippen LogP contribution in [-0.4, -0.2) is 53.1 Å². The smallest absolute Gasteiger partial charge is 0.207 e. The summed E-state index contributed by atoms with van der Waals surface area (Å²) in [7, 11) is 0. The molecule has 1 aliphatic rings. The summed E-state index contributed by atoms with van der Waals surface area (Å²) < 4.78 is 15.4. The Balaban J connectivity index is 1.47. The number of hydrogen-bond acceptors (Lipinski definition) is 4. The highest BCUT2D eigenvalue weighted by molar-refractivity contribution is 5.78. The molecule has 1 aromatic heterocycles. The first-order chi connectivity index (χ1) is 14.2. The number of halogens is 1. The highest BCUT2D eigenvalue weighted by atomic mass is 19.1. The van der Waals surface area contributed by atoms with E-state index in [1.165, 1.54) is 12.1 Å². The summed E-state index contributed by atoms with van der Waals surface area (Å²) in [6.45, 7) is 4.20. The third-order valence-electron chi connectivity index (χ3n) is 5.48. The van der Waals surface area contributed by atoms with Crippen molar-refractivity contribution in [3.63, 3.8) is 0 Å². The number of benzene rings is 2. The lowest BCUT2D eigenvalue weighted by atomic mass is 10.1. The van der Waals surface area contributed by atoms with Crippen LogP contribution in [0.5, 0.6) is 0 Å². The largest absolute Gasteiger partial charge is 0.357 e. The predicted octanol–water partition coefficient (Wildman–Crippen LogP) is 2.85. The van der Waals surface area contributed by atoms with Gasteiger partial charge in [0.1, 0.15) is 5.82 Å². The van der Waals surface area contributed by atoms with Crippen molar-refractivity contribution in [3.05, 3.63) is 59.9 Å². The molecule has 1 amide bonds. The average molecular weight is 395 g/mol. The Labute approximate surface area is 169 Å². The zero-order chi connectivity index (χ0) is 20.1. The van der Waals surface area contributed by atoms with Gasteiger partial charge < -0.3 is 20.1 Å². The molecule has 0 unspecified atom stereocenters. The average Bonchev–Trinajstić information content (AvgIpc) is 3.08. The monoisotopic (exact) mass is 395 g/mol. The topological polar surface area (TPSA) is 62.2 Å². The van der Waals surface area contributed by atoms with Crippen molar-refractivity contribution >= 4 is 23.4 Å². The molecular formula is C22H26FN5O. The van der Waals surface area contributed by atoms with Crippen LogP contribution in [0.3, 0.4) is 0 Å². The first-order valence-corrected chi connectivity index (χ1v) is 10.1. The minimum Gasteiger partial charge on any atom is -0.357 e. The number of nitrogens with one attached hydrogen (secondary N) is 2. The maximum atomic E-state index is 13.3. The lowest BCUT2D eigenvalue weighted by Gasteiger charge is -2.32. The summed E-state index contributed by atoms with van der Waals surface area (Å²) in [6.07, 6.45) is 2.81. The molecule has 0 spiro atoms. The van der Waals surface area contributed by atoms with Crippen molar-refractivity contribution in [1.82, 2.24) is 19.8 Å². The van der Waals surface area contributed by atoms with Gasteiger partial charge in [0.15, 0.2) is 0 Å². The summed E-state index contributed by atoms with van der Waals surface area (Å²) in [5.41, 5.74) is 3.06. The Bertz CT molecular complexity index is 947. The van der Waals surface area contributed by atoms with Gasteiger partial charge in [0.2, 0.25) is 12.4 Å². The van der Waals surface area contributed by atoms with Crippen LogP contribution in [0, 0.1) is 5.82 Å². The minimum absolute atomic E-state index is 0.224. The predicted molar refractivity (Wildman–Crippen MR) is 112 cm³/mol. The van der Waals surface area contributed by atoms with Gasteiger partial charge in [-0.05, 0) is 42.7 Å². The summed E-state index contributed by atoms with van der Waals surface area (Å²) in [6, 6.07) is 15.1. The number of likely N-dealkylation sites (tertiary alicyclic amines) is 1. The van der Waals surface area contributed by atoms with E-state index in [-0.39, 0.29) is 5.82 Å². The molecule has 0 radical (unpaired) electrons. The molecule has 0 aliphatic carbocycles. The SMILES string of the molecule is O=CNCCN1CCC(Nc2nc3ccccc3n2Cc2ccc(F)cc2)CC1. The summed E-state index contributed by atoms with van der Waals surface area (Å²) in [5.74, 6) is 0.634. The third kappa shape index (κ3) is 4.74. The van der Waals surface area contributed by atoms with Gasteiger partial charge in [-0.1, -0.05) is 24.3 Å². The van der Waals surface area contributed by atoms with Gasteiger partial charge in [-0.25, -0.2) is 9.37 Å². The summed E-state index contributed by atoms with van der Waals surface area (Å²) >= 11 is 0. The van der Waals surface area contributed by atoms with E-state index < -0.39 is 0 Å². The highest BCUT2D eigenvalue weighted by Crippen LogP contribution is 2.24. The van der Waals surface area contributed by atoms with E-state index in [0.717, 1.165) is 61.4 Å². The zero-order valence-electron chi connectivity index (χ0n) is 16.4. The van der Waals surface area contributed by atoms with Gasteiger partial charge >= 0.3 is 0 Å². The van der Waals surface area contributed by atoms with Gasteiger partial charge in [-0.2, -0.15) is 0 Å². The molecule has 1 saturated heterocycles. The number of amides is 1. The second-order valence-corrected chi connectivity index (χ2v) is 7.47. The number of rotatable bonds is 8. The van der Waals surface area contributed by atoms with Crippen LogP contribution in [0.1, 0.15) is 18.4 Å². The molecule has 0 atom stereocenters. The van der Waals surface area contributed by atoms with E-state index in [4.69, 9.17) is 4.98 Å². The van der Waals surface area contributed by atoms with E-state index >= 15 is 0 Å².